The third kappa shape index (κ3) is 4.07. The Kier molecular flexibility index (Phi) is 4.95. The van der Waals surface area contributed by atoms with Crippen molar-refractivity contribution in [1.29, 1.82) is 0 Å². The van der Waals surface area contributed by atoms with Crippen molar-refractivity contribution < 1.29 is 14.7 Å². The van der Waals surface area contributed by atoms with E-state index in [1.54, 1.807) is 36.4 Å². The molecule has 0 radical (unpaired) electrons. The Hall–Kier alpha value is -2.33. The van der Waals surface area contributed by atoms with E-state index in [-0.39, 0.29) is 5.75 Å². The Balaban J connectivity index is 2.05. The summed E-state index contributed by atoms with van der Waals surface area (Å²) in [5, 5.41) is 12.2. The van der Waals surface area contributed by atoms with Crippen LogP contribution in [-0.4, -0.2) is 23.3 Å². The van der Waals surface area contributed by atoms with Crippen LogP contribution < -0.4 is 5.32 Å². The molecule has 1 amide bonds. The summed E-state index contributed by atoms with van der Waals surface area (Å²) < 4.78 is 0. The maximum absolute atomic E-state index is 12.1. The Labute approximate surface area is 127 Å². The average Bonchev–Trinajstić information content (AvgIpc) is 2.49. The number of aldehydes is 1. The zero-order chi connectivity index (χ0) is 15.2. The van der Waals surface area contributed by atoms with E-state index in [2.05, 4.69) is 5.32 Å². The lowest BCUT2D eigenvalue weighted by Crippen LogP contribution is -2.37. The van der Waals surface area contributed by atoms with Gasteiger partial charge in [-0.3, -0.25) is 4.79 Å². The van der Waals surface area contributed by atoms with Gasteiger partial charge in [-0.25, -0.2) is 0 Å². The number of halogens is 1. The second-order valence-electron chi connectivity index (χ2n) is 4.57. The molecule has 0 aliphatic heterocycles. The summed E-state index contributed by atoms with van der Waals surface area (Å²) in [4.78, 5) is 23.2. The van der Waals surface area contributed by atoms with Gasteiger partial charge in [0.05, 0.1) is 16.6 Å². The first kappa shape index (κ1) is 15.1. The van der Waals surface area contributed by atoms with Crippen molar-refractivity contribution in [3.63, 3.8) is 0 Å². The van der Waals surface area contributed by atoms with Crippen molar-refractivity contribution in [2.24, 2.45) is 0 Å². The number of amides is 1. The minimum absolute atomic E-state index is 0.154. The van der Waals surface area contributed by atoms with Crippen LogP contribution in [0.3, 0.4) is 0 Å². The van der Waals surface area contributed by atoms with Crippen molar-refractivity contribution >= 4 is 23.8 Å². The second kappa shape index (κ2) is 6.90. The highest BCUT2D eigenvalue weighted by Crippen LogP contribution is 2.15. The fourth-order valence-electron chi connectivity index (χ4n) is 1.91. The van der Waals surface area contributed by atoms with E-state index in [1.807, 2.05) is 0 Å². The normalized spacial score (nSPS) is 11.7. The van der Waals surface area contributed by atoms with Crippen molar-refractivity contribution in [3.8, 4) is 5.75 Å². The molecule has 1 unspecified atom stereocenters. The van der Waals surface area contributed by atoms with Crippen molar-refractivity contribution in [2.75, 3.05) is 0 Å². The van der Waals surface area contributed by atoms with Crippen LogP contribution >= 0.6 is 11.6 Å². The number of hydrogen-bond acceptors (Lipinski definition) is 3. The van der Waals surface area contributed by atoms with Crippen LogP contribution in [-0.2, 0) is 11.2 Å². The predicted octanol–water partition coefficient (Wildman–Crippen LogP) is 2.59. The van der Waals surface area contributed by atoms with Gasteiger partial charge in [0.2, 0.25) is 0 Å². The maximum atomic E-state index is 12.1. The van der Waals surface area contributed by atoms with Gasteiger partial charge >= 0.3 is 0 Å². The topological polar surface area (TPSA) is 66.4 Å². The van der Waals surface area contributed by atoms with Gasteiger partial charge in [0.1, 0.15) is 12.0 Å². The van der Waals surface area contributed by atoms with Gasteiger partial charge in [-0.15, -0.1) is 0 Å². The molecule has 108 valence electrons. The number of hydrogen-bond donors (Lipinski definition) is 2. The number of phenolic OH excluding ortho intramolecular Hbond substituents is 1. The zero-order valence-corrected chi connectivity index (χ0v) is 11.9. The minimum Gasteiger partial charge on any atom is -0.508 e. The number of rotatable bonds is 5. The van der Waals surface area contributed by atoms with E-state index in [0.29, 0.717) is 23.3 Å². The zero-order valence-electron chi connectivity index (χ0n) is 11.1. The summed E-state index contributed by atoms with van der Waals surface area (Å²) in [6, 6.07) is 12.5. The number of carbonyl (C=O) groups excluding carboxylic acids is 2. The number of carbonyl (C=O) groups is 2. The van der Waals surface area contributed by atoms with Gasteiger partial charge in [0, 0.05) is 0 Å². The highest BCUT2D eigenvalue weighted by Gasteiger charge is 2.15. The van der Waals surface area contributed by atoms with Crippen LogP contribution in [0, 0.1) is 0 Å². The van der Waals surface area contributed by atoms with E-state index < -0.39 is 11.9 Å². The molecule has 0 heterocycles. The standard InChI is InChI=1S/C16H14ClNO3/c17-15-4-2-1-3-14(15)16(21)18-12(10-19)9-11-5-7-13(20)8-6-11/h1-8,10,12,20H,9H2,(H,18,21). The fraction of sp³-hybridized carbons (Fsp3) is 0.125. The molecule has 2 N–H and O–H groups in total. The van der Waals surface area contributed by atoms with Gasteiger partial charge < -0.3 is 15.2 Å². The molecular weight excluding hydrogens is 290 g/mol. The number of benzene rings is 2. The van der Waals surface area contributed by atoms with Crippen LogP contribution in [0.1, 0.15) is 15.9 Å². The Morgan fingerprint density at radius 1 is 1.19 bits per heavy atom. The number of nitrogens with one attached hydrogen (secondary N) is 1. The summed E-state index contributed by atoms with van der Waals surface area (Å²) in [5.74, 6) is -0.238. The van der Waals surface area contributed by atoms with Crippen LogP contribution in [0.15, 0.2) is 48.5 Å². The number of phenols is 1. The second-order valence-corrected chi connectivity index (χ2v) is 4.97. The quantitative estimate of drug-likeness (QED) is 0.834. The number of aromatic hydroxyl groups is 1. The lowest BCUT2D eigenvalue weighted by molar-refractivity contribution is -0.109. The highest BCUT2D eigenvalue weighted by atomic mass is 35.5. The Morgan fingerprint density at radius 2 is 1.86 bits per heavy atom. The third-order valence-corrected chi connectivity index (χ3v) is 3.32. The molecule has 0 saturated heterocycles. The summed E-state index contributed by atoms with van der Waals surface area (Å²) in [7, 11) is 0. The highest BCUT2D eigenvalue weighted by molar-refractivity contribution is 6.33. The lowest BCUT2D eigenvalue weighted by atomic mass is 10.1. The first-order chi connectivity index (χ1) is 10.1. The van der Waals surface area contributed by atoms with Gasteiger partial charge in [0.25, 0.3) is 5.91 Å². The van der Waals surface area contributed by atoms with Crippen LogP contribution in [0.25, 0.3) is 0 Å². The molecule has 0 bridgehead atoms. The molecule has 21 heavy (non-hydrogen) atoms. The Morgan fingerprint density at radius 3 is 2.48 bits per heavy atom. The molecule has 0 fully saturated rings. The molecule has 0 saturated carbocycles. The average molecular weight is 304 g/mol. The maximum Gasteiger partial charge on any atom is 0.253 e. The van der Waals surface area contributed by atoms with E-state index in [0.717, 1.165) is 5.56 Å². The van der Waals surface area contributed by atoms with Crippen LogP contribution in [0.5, 0.6) is 5.75 Å². The predicted molar refractivity (Wildman–Crippen MR) is 80.6 cm³/mol. The van der Waals surface area contributed by atoms with E-state index in [1.165, 1.54) is 12.1 Å². The summed E-state index contributed by atoms with van der Waals surface area (Å²) in [5.41, 5.74) is 1.17. The molecule has 2 aromatic rings. The van der Waals surface area contributed by atoms with Crippen LogP contribution in [0.4, 0.5) is 0 Å². The molecule has 1 atom stereocenters. The minimum atomic E-state index is -0.654. The first-order valence-electron chi connectivity index (χ1n) is 6.38. The van der Waals surface area contributed by atoms with Gasteiger partial charge in [-0.2, -0.15) is 0 Å². The molecule has 0 spiro atoms. The molecule has 4 nitrogen and oxygen atoms in total. The van der Waals surface area contributed by atoms with E-state index in [4.69, 9.17) is 11.6 Å². The molecule has 2 rings (SSSR count). The third-order valence-electron chi connectivity index (χ3n) is 2.99. The summed E-state index contributed by atoms with van der Waals surface area (Å²) in [6.45, 7) is 0. The molecule has 5 heteroatoms. The smallest absolute Gasteiger partial charge is 0.253 e. The lowest BCUT2D eigenvalue weighted by Gasteiger charge is -2.13. The summed E-state index contributed by atoms with van der Waals surface area (Å²) >= 11 is 5.95. The van der Waals surface area contributed by atoms with E-state index >= 15 is 0 Å². The molecule has 0 aliphatic carbocycles. The first-order valence-corrected chi connectivity index (χ1v) is 6.76. The van der Waals surface area contributed by atoms with Crippen molar-refractivity contribution in [2.45, 2.75) is 12.5 Å². The molecule has 0 aromatic heterocycles. The molecule has 0 aliphatic rings. The van der Waals surface area contributed by atoms with E-state index in [9.17, 15) is 14.7 Å². The monoisotopic (exact) mass is 303 g/mol. The van der Waals surface area contributed by atoms with Gasteiger partial charge in [-0.1, -0.05) is 35.9 Å². The van der Waals surface area contributed by atoms with Crippen molar-refractivity contribution in [3.05, 3.63) is 64.7 Å². The Bertz CT molecular complexity index is 640. The fourth-order valence-corrected chi connectivity index (χ4v) is 2.13. The summed E-state index contributed by atoms with van der Waals surface area (Å²) in [6.07, 6.45) is 1.03. The largest absolute Gasteiger partial charge is 0.508 e. The van der Waals surface area contributed by atoms with Crippen molar-refractivity contribution in [1.82, 2.24) is 5.32 Å². The van der Waals surface area contributed by atoms with Gasteiger partial charge in [0.15, 0.2) is 0 Å². The molecule has 2 aromatic carbocycles. The van der Waals surface area contributed by atoms with Crippen LogP contribution in [0.2, 0.25) is 5.02 Å². The SMILES string of the molecule is O=CC(Cc1ccc(O)cc1)NC(=O)c1ccccc1Cl. The molecular formula is C16H14ClNO3. The van der Waals surface area contributed by atoms with Gasteiger partial charge in [-0.05, 0) is 36.2 Å².